The number of ether oxygens (including phenoxy) is 1. The summed E-state index contributed by atoms with van der Waals surface area (Å²) >= 11 is 6.17. The Hall–Kier alpha value is -4.16. The SMILES string of the molecule is CC[C@@H](C)NC(=O)[C@H](C)N(Cc1cccc(Cl)c1)C(=O)CN(c1ccc(OC)cc1)S(=O)(=O)c1ccc(C)c([N+](=O)[O-])c1. The molecule has 1 N–H and O–H groups in total. The van der Waals surface area contributed by atoms with Gasteiger partial charge in [-0.3, -0.25) is 24.0 Å². The molecule has 3 rings (SSSR count). The van der Waals surface area contributed by atoms with Gasteiger partial charge in [0.1, 0.15) is 18.3 Å². The number of carbonyl (C=O) groups is 2. The molecule has 0 aliphatic rings. The first-order chi connectivity index (χ1) is 20.3. The molecule has 0 bridgehead atoms. The first-order valence-electron chi connectivity index (χ1n) is 13.5. The Morgan fingerprint density at radius 3 is 2.33 bits per heavy atom. The van der Waals surface area contributed by atoms with E-state index in [1.807, 2.05) is 13.8 Å². The summed E-state index contributed by atoms with van der Waals surface area (Å²) in [6.45, 7) is 6.09. The molecule has 0 saturated carbocycles. The number of nitro benzene ring substituents is 1. The summed E-state index contributed by atoms with van der Waals surface area (Å²) < 4.78 is 34.1. The van der Waals surface area contributed by atoms with Crippen LogP contribution in [0.1, 0.15) is 38.3 Å². The van der Waals surface area contributed by atoms with Gasteiger partial charge in [-0.2, -0.15) is 0 Å². The first kappa shape index (κ1) is 33.3. The molecule has 13 heteroatoms. The van der Waals surface area contributed by atoms with E-state index in [2.05, 4.69) is 5.32 Å². The van der Waals surface area contributed by atoms with Crippen molar-refractivity contribution < 1.29 is 27.7 Å². The third kappa shape index (κ3) is 8.23. The Morgan fingerprint density at radius 2 is 1.74 bits per heavy atom. The maximum atomic E-state index is 14.0. The first-order valence-corrected chi connectivity index (χ1v) is 15.4. The van der Waals surface area contributed by atoms with Gasteiger partial charge in [0.05, 0.1) is 22.6 Å². The normalized spacial score (nSPS) is 12.6. The predicted molar refractivity (Wildman–Crippen MR) is 165 cm³/mol. The number of amides is 2. The number of carbonyl (C=O) groups excluding carboxylic acids is 2. The lowest BCUT2D eigenvalue weighted by Crippen LogP contribution is -2.52. The average Bonchev–Trinajstić information content (AvgIpc) is 2.98. The Labute approximate surface area is 256 Å². The number of nitro groups is 1. The highest BCUT2D eigenvalue weighted by molar-refractivity contribution is 7.92. The highest BCUT2D eigenvalue weighted by atomic mass is 35.5. The number of rotatable bonds is 13. The third-order valence-corrected chi connectivity index (χ3v) is 9.02. The van der Waals surface area contributed by atoms with Gasteiger partial charge in [0, 0.05) is 29.2 Å². The average molecular weight is 631 g/mol. The fourth-order valence-corrected chi connectivity index (χ4v) is 5.88. The molecule has 0 heterocycles. The van der Waals surface area contributed by atoms with Crippen molar-refractivity contribution in [3.63, 3.8) is 0 Å². The van der Waals surface area contributed by atoms with Crippen LogP contribution in [0, 0.1) is 17.0 Å². The molecule has 0 radical (unpaired) electrons. The number of hydrogen-bond donors (Lipinski definition) is 1. The maximum Gasteiger partial charge on any atom is 0.273 e. The molecule has 0 aliphatic heterocycles. The van der Waals surface area contributed by atoms with Gasteiger partial charge in [0.15, 0.2) is 0 Å². The molecule has 11 nitrogen and oxygen atoms in total. The summed E-state index contributed by atoms with van der Waals surface area (Å²) in [6.07, 6.45) is 0.673. The lowest BCUT2D eigenvalue weighted by molar-refractivity contribution is -0.385. The summed E-state index contributed by atoms with van der Waals surface area (Å²) in [4.78, 5) is 39.0. The van der Waals surface area contributed by atoms with Crippen LogP contribution >= 0.6 is 11.6 Å². The fourth-order valence-electron chi connectivity index (χ4n) is 4.23. The van der Waals surface area contributed by atoms with Gasteiger partial charge < -0.3 is 15.0 Å². The molecule has 0 aromatic heterocycles. The van der Waals surface area contributed by atoms with Crippen LogP contribution in [0.25, 0.3) is 0 Å². The van der Waals surface area contributed by atoms with Gasteiger partial charge in [-0.15, -0.1) is 0 Å². The predicted octanol–water partition coefficient (Wildman–Crippen LogP) is 5.09. The number of halogens is 1. The molecule has 0 spiro atoms. The molecular weight excluding hydrogens is 596 g/mol. The highest BCUT2D eigenvalue weighted by Crippen LogP contribution is 2.29. The van der Waals surface area contributed by atoms with E-state index in [0.717, 1.165) is 10.4 Å². The van der Waals surface area contributed by atoms with E-state index in [-0.39, 0.29) is 34.4 Å². The van der Waals surface area contributed by atoms with Crippen LogP contribution in [-0.2, 0) is 26.2 Å². The molecule has 43 heavy (non-hydrogen) atoms. The van der Waals surface area contributed by atoms with E-state index in [1.165, 1.54) is 55.3 Å². The van der Waals surface area contributed by atoms with E-state index in [1.54, 1.807) is 31.2 Å². The lowest BCUT2D eigenvalue weighted by atomic mass is 10.1. The second-order valence-corrected chi connectivity index (χ2v) is 12.4. The second kappa shape index (κ2) is 14.3. The van der Waals surface area contributed by atoms with Crippen LogP contribution in [0.5, 0.6) is 5.75 Å². The molecule has 0 unspecified atom stereocenters. The number of nitrogens with one attached hydrogen (secondary N) is 1. The van der Waals surface area contributed by atoms with Crippen molar-refractivity contribution in [3.8, 4) is 5.75 Å². The standard InChI is InChI=1S/C30H35ClN4O7S/c1-6-21(3)32-30(37)22(4)33(18-23-8-7-9-24(31)16-23)29(36)19-34(25-11-13-26(42-5)14-12-25)43(40,41)27-15-10-20(2)28(17-27)35(38)39/h7-17,21-22H,6,18-19H2,1-5H3,(H,32,37)/t21-,22+/m1/s1. The Bertz CT molecular complexity index is 1580. The topological polar surface area (TPSA) is 139 Å². The maximum absolute atomic E-state index is 14.0. The minimum Gasteiger partial charge on any atom is -0.497 e. The minimum absolute atomic E-state index is 0.0268. The number of hydrogen-bond acceptors (Lipinski definition) is 7. The van der Waals surface area contributed by atoms with E-state index >= 15 is 0 Å². The Kier molecular flexibility index (Phi) is 11.1. The van der Waals surface area contributed by atoms with Gasteiger partial charge in [-0.25, -0.2) is 8.42 Å². The number of benzene rings is 3. The smallest absolute Gasteiger partial charge is 0.273 e. The number of aryl methyl sites for hydroxylation is 1. The van der Waals surface area contributed by atoms with E-state index < -0.39 is 39.3 Å². The molecule has 3 aromatic rings. The summed E-state index contributed by atoms with van der Waals surface area (Å²) in [5.41, 5.74) is 0.665. The molecule has 2 atom stereocenters. The molecule has 3 aromatic carbocycles. The minimum atomic E-state index is -4.50. The lowest BCUT2D eigenvalue weighted by Gasteiger charge is -2.32. The van der Waals surface area contributed by atoms with Gasteiger partial charge in [0.25, 0.3) is 15.7 Å². The van der Waals surface area contributed by atoms with Crippen molar-refractivity contribution in [2.75, 3.05) is 18.0 Å². The van der Waals surface area contributed by atoms with Crippen LogP contribution in [0.2, 0.25) is 5.02 Å². The van der Waals surface area contributed by atoms with Crippen molar-refractivity contribution in [3.05, 3.63) is 93.0 Å². The van der Waals surface area contributed by atoms with E-state index in [0.29, 0.717) is 22.8 Å². The molecule has 230 valence electrons. The number of nitrogens with zero attached hydrogens (tertiary/aromatic N) is 3. The molecule has 0 fully saturated rings. The van der Waals surface area contributed by atoms with Crippen LogP contribution in [0.3, 0.4) is 0 Å². The summed E-state index contributed by atoms with van der Waals surface area (Å²) in [5.74, 6) is -0.623. The largest absolute Gasteiger partial charge is 0.497 e. The molecule has 0 saturated heterocycles. The van der Waals surface area contributed by atoms with Crippen LogP contribution in [-0.4, -0.2) is 55.8 Å². The quantitative estimate of drug-likeness (QED) is 0.205. The van der Waals surface area contributed by atoms with E-state index in [4.69, 9.17) is 16.3 Å². The number of sulfonamides is 1. The van der Waals surface area contributed by atoms with Crippen LogP contribution < -0.4 is 14.4 Å². The van der Waals surface area contributed by atoms with Crippen molar-refractivity contribution in [1.29, 1.82) is 0 Å². The summed E-state index contributed by atoms with van der Waals surface area (Å²) in [5, 5.41) is 14.9. The zero-order valence-electron chi connectivity index (χ0n) is 24.6. The van der Waals surface area contributed by atoms with Gasteiger partial charge in [0.2, 0.25) is 11.8 Å². The van der Waals surface area contributed by atoms with Gasteiger partial charge in [-0.05, 0) is 75.2 Å². The van der Waals surface area contributed by atoms with Gasteiger partial charge >= 0.3 is 0 Å². The summed E-state index contributed by atoms with van der Waals surface area (Å²) in [7, 11) is -3.05. The number of methoxy groups -OCH3 is 1. The van der Waals surface area contributed by atoms with E-state index in [9.17, 15) is 28.1 Å². The zero-order chi connectivity index (χ0) is 31.9. The van der Waals surface area contributed by atoms with Crippen molar-refractivity contribution in [1.82, 2.24) is 10.2 Å². The third-order valence-electron chi connectivity index (χ3n) is 7.01. The zero-order valence-corrected chi connectivity index (χ0v) is 26.2. The van der Waals surface area contributed by atoms with Crippen molar-refractivity contribution in [2.24, 2.45) is 0 Å². The number of anilines is 1. The summed E-state index contributed by atoms with van der Waals surface area (Å²) in [6, 6.07) is 15.2. The Balaban J connectivity index is 2.09. The second-order valence-electron chi connectivity index (χ2n) is 10.1. The fraction of sp³-hybridized carbons (Fsp3) is 0.333. The van der Waals surface area contributed by atoms with Crippen LogP contribution in [0.15, 0.2) is 71.6 Å². The molecule has 2 amide bonds. The van der Waals surface area contributed by atoms with Gasteiger partial charge in [-0.1, -0.05) is 36.7 Å². The monoisotopic (exact) mass is 630 g/mol. The highest BCUT2D eigenvalue weighted by Gasteiger charge is 2.33. The molecular formula is C30H35ClN4O7S. The Morgan fingerprint density at radius 1 is 1.07 bits per heavy atom. The molecule has 0 aliphatic carbocycles. The van der Waals surface area contributed by atoms with Crippen LogP contribution in [0.4, 0.5) is 11.4 Å². The van der Waals surface area contributed by atoms with Crippen molar-refractivity contribution >= 4 is 44.8 Å². The van der Waals surface area contributed by atoms with Crippen molar-refractivity contribution in [2.45, 2.75) is 57.6 Å².